The molecule has 0 saturated heterocycles. The van der Waals surface area contributed by atoms with E-state index in [0.29, 0.717) is 16.8 Å². The number of hydrogen-bond acceptors (Lipinski definition) is 3. The second-order valence-electron chi connectivity index (χ2n) is 6.42. The zero-order valence-electron chi connectivity index (χ0n) is 12.6. The molecule has 0 heterocycles. The highest BCUT2D eigenvalue weighted by molar-refractivity contribution is 6.33. The molecule has 0 amide bonds. The van der Waals surface area contributed by atoms with E-state index in [4.69, 9.17) is 11.6 Å². The van der Waals surface area contributed by atoms with E-state index in [1.54, 1.807) is 6.07 Å². The molecule has 0 aliphatic heterocycles. The third kappa shape index (κ3) is 4.60. The molecule has 1 aliphatic rings. The Kier molecular flexibility index (Phi) is 5.45. The first-order valence-corrected chi connectivity index (χ1v) is 8.04. The molecule has 2 unspecified atom stereocenters. The van der Waals surface area contributed by atoms with Crippen molar-refractivity contribution in [3.8, 4) is 0 Å². The zero-order chi connectivity index (χ0) is 15.4. The number of nitrogens with one attached hydrogen (secondary N) is 1. The summed E-state index contributed by atoms with van der Waals surface area (Å²) in [6.07, 6.45) is 5.98. The van der Waals surface area contributed by atoms with Gasteiger partial charge < -0.3 is 5.32 Å². The average Bonchev–Trinajstić information content (AvgIpc) is 2.40. The standard InChI is InChI=1S/C16H23ClN2O2/c1-11(2)8-12-4-3-5-13(9-12)18-16-10-14(19(20)21)6-7-15(16)17/h6-7,10-13,18H,3-5,8-9H2,1-2H3. The quantitative estimate of drug-likeness (QED) is 0.595. The number of nitrogens with zero attached hydrogens (tertiary/aromatic N) is 1. The predicted octanol–water partition coefficient (Wildman–Crippen LogP) is 5.27. The fourth-order valence-electron chi connectivity index (χ4n) is 3.26. The van der Waals surface area contributed by atoms with Gasteiger partial charge in [-0.25, -0.2) is 0 Å². The Hall–Kier alpha value is -1.29. The van der Waals surface area contributed by atoms with Crippen molar-refractivity contribution in [3.63, 3.8) is 0 Å². The number of rotatable bonds is 5. The van der Waals surface area contributed by atoms with Crippen molar-refractivity contribution in [1.29, 1.82) is 0 Å². The molecular formula is C16H23ClN2O2. The van der Waals surface area contributed by atoms with Crippen molar-refractivity contribution in [2.24, 2.45) is 11.8 Å². The van der Waals surface area contributed by atoms with Crippen LogP contribution in [0.3, 0.4) is 0 Å². The molecule has 2 rings (SSSR count). The lowest BCUT2D eigenvalue weighted by molar-refractivity contribution is -0.384. The smallest absolute Gasteiger partial charge is 0.271 e. The second kappa shape index (κ2) is 7.12. The maximum absolute atomic E-state index is 10.9. The SMILES string of the molecule is CC(C)CC1CCCC(Nc2cc([N+](=O)[O-])ccc2Cl)C1. The maximum Gasteiger partial charge on any atom is 0.271 e. The number of halogens is 1. The third-order valence-electron chi connectivity index (χ3n) is 4.11. The molecule has 1 fully saturated rings. The van der Waals surface area contributed by atoms with Gasteiger partial charge in [0.15, 0.2) is 0 Å². The van der Waals surface area contributed by atoms with E-state index in [1.165, 1.54) is 31.4 Å². The summed E-state index contributed by atoms with van der Waals surface area (Å²) in [5.41, 5.74) is 0.762. The van der Waals surface area contributed by atoms with E-state index in [0.717, 1.165) is 24.7 Å². The van der Waals surface area contributed by atoms with E-state index < -0.39 is 0 Å². The summed E-state index contributed by atoms with van der Waals surface area (Å²) in [4.78, 5) is 10.5. The van der Waals surface area contributed by atoms with Gasteiger partial charge in [0.25, 0.3) is 5.69 Å². The summed E-state index contributed by atoms with van der Waals surface area (Å²) in [7, 11) is 0. The zero-order valence-corrected chi connectivity index (χ0v) is 13.4. The molecule has 0 spiro atoms. The van der Waals surface area contributed by atoms with Crippen LogP contribution < -0.4 is 5.32 Å². The molecule has 1 saturated carbocycles. The van der Waals surface area contributed by atoms with Crippen LogP contribution in [0.1, 0.15) is 46.0 Å². The molecule has 0 bridgehead atoms. The molecule has 1 aromatic carbocycles. The summed E-state index contributed by atoms with van der Waals surface area (Å²) < 4.78 is 0. The first-order valence-electron chi connectivity index (χ1n) is 7.66. The van der Waals surface area contributed by atoms with Gasteiger partial charge in [0.1, 0.15) is 0 Å². The molecule has 116 valence electrons. The average molecular weight is 311 g/mol. The van der Waals surface area contributed by atoms with Gasteiger partial charge in [-0.05, 0) is 37.2 Å². The van der Waals surface area contributed by atoms with Gasteiger partial charge in [-0.1, -0.05) is 38.3 Å². The van der Waals surface area contributed by atoms with Gasteiger partial charge >= 0.3 is 0 Å². The molecular weight excluding hydrogens is 288 g/mol. The van der Waals surface area contributed by atoms with Crippen molar-refractivity contribution in [1.82, 2.24) is 0 Å². The van der Waals surface area contributed by atoms with Crippen molar-refractivity contribution < 1.29 is 4.92 Å². The Morgan fingerprint density at radius 3 is 2.86 bits per heavy atom. The second-order valence-corrected chi connectivity index (χ2v) is 6.83. The van der Waals surface area contributed by atoms with E-state index in [2.05, 4.69) is 19.2 Å². The van der Waals surface area contributed by atoms with Gasteiger partial charge in [0.05, 0.1) is 15.6 Å². The molecule has 0 radical (unpaired) electrons. The third-order valence-corrected chi connectivity index (χ3v) is 4.44. The summed E-state index contributed by atoms with van der Waals surface area (Å²) in [5.74, 6) is 1.46. The van der Waals surface area contributed by atoms with Crippen molar-refractivity contribution in [3.05, 3.63) is 33.3 Å². The van der Waals surface area contributed by atoms with Gasteiger partial charge in [0.2, 0.25) is 0 Å². The number of hydrogen-bond donors (Lipinski definition) is 1. The highest BCUT2D eigenvalue weighted by Crippen LogP contribution is 2.33. The summed E-state index contributed by atoms with van der Waals surface area (Å²) >= 11 is 6.16. The molecule has 2 atom stereocenters. The van der Waals surface area contributed by atoms with E-state index in [-0.39, 0.29) is 10.6 Å². The highest BCUT2D eigenvalue weighted by atomic mass is 35.5. The minimum Gasteiger partial charge on any atom is -0.381 e. The predicted molar refractivity (Wildman–Crippen MR) is 86.9 cm³/mol. The van der Waals surface area contributed by atoms with Crippen LogP contribution in [0.25, 0.3) is 0 Å². The monoisotopic (exact) mass is 310 g/mol. The summed E-state index contributed by atoms with van der Waals surface area (Å²) in [6.45, 7) is 4.52. The molecule has 1 aliphatic carbocycles. The van der Waals surface area contributed by atoms with Crippen LogP contribution in [0.15, 0.2) is 18.2 Å². The Morgan fingerprint density at radius 1 is 1.43 bits per heavy atom. The first kappa shape index (κ1) is 16.1. The van der Waals surface area contributed by atoms with E-state index in [9.17, 15) is 10.1 Å². The molecule has 1 N–H and O–H groups in total. The highest BCUT2D eigenvalue weighted by Gasteiger charge is 2.23. The lowest BCUT2D eigenvalue weighted by Gasteiger charge is -2.31. The Morgan fingerprint density at radius 2 is 2.19 bits per heavy atom. The number of nitro groups is 1. The molecule has 1 aromatic rings. The Labute approximate surface area is 131 Å². The normalized spacial score (nSPS) is 22.3. The van der Waals surface area contributed by atoms with Crippen LogP contribution in [0.4, 0.5) is 11.4 Å². The number of non-ortho nitro benzene ring substituents is 1. The Bertz CT molecular complexity index is 505. The maximum atomic E-state index is 10.9. The van der Waals surface area contributed by atoms with Crippen molar-refractivity contribution in [2.75, 3.05) is 5.32 Å². The summed E-state index contributed by atoms with van der Waals surface area (Å²) in [6, 6.07) is 4.93. The van der Waals surface area contributed by atoms with Crippen LogP contribution in [0, 0.1) is 22.0 Å². The van der Waals surface area contributed by atoms with Crippen LogP contribution in [0.5, 0.6) is 0 Å². The molecule has 4 nitrogen and oxygen atoms in total. The molecule has 0 aromatic heterocycles. The molecule has 21 heavy (non-hydrogen) atoms. The first-order chi connectivity index (χ1) is 9.95. The van der Waals surface area contributed by atoms with Gasteiger partial charge in [-0.2, -0.15) is 0 Å². The van der Waals surface area contributed by atoms with Gasteiger partial charge in [-0.15, -0.1) is 0 Å². The Balaban J connectivity index is 2.03. The summed E-state index contributed by atoms with van der Waals surface area (Å²) in [5, 5.41) is 14.8. The van der Waals surface area contributed by atoms with Crippen LogP contribution in [0.2, 0.25) is 5.02 Å². The van der Waals surface area contributed by atoms with Crippen molar-refractivity contribution >= 4 is 23.0 Å². The fourth-order valence-corrected chi connectivity index (χ4v) is 3.43. The minimum absolute atomic E-state index is 0.0800. The van der Waals surface area contributed by atoms with Gasteiger partial charge in [0, 0.05) is 18.2 Å². The van der Waals surface area contributed by atoms with Crippen LogP contribution in [-0.2, 0) is 0 Å². The lowest BCUT2D eigenvalue weighted by atomic mass is 9.81. The van der Waals surface area contributed by atoms with Gasteiger partial charge in [-0.3, -0.25) is 10.1 Å². The van der Waals surface area contributed by atoms with Crippen molar-refractivity contribution in [2.45, 2.75) is 52.0 Å². The lowest BCUT2D eigenvalue weighted by Crippen LogP contribution is -2.28. The van der Waals surface area contributed by atoms with Crippen LogP contribution in [-0.4, -0.2) is 11.0 Å². The topological polar surface area (TPSA) is 55.2 Å². The number of benzene rings is 1. The number of nitro benzene ring substituents is 1. The molecule has 5 heteroatoms. The van der Waals surface area contributed by atoms with E-state index >= 15 is 0 Å². The largest absolute Gasteiger partial charge is 0.381 e. The number of anilines is 1. The van der Waals surface area contributed by atoms with E-state index in [1.807, 2.05) is 0 Å². The minimum atomic E-state index is -0.385. The fraction of sp³-hybridized carbons (Fsp3) is 0.625. The van der Waals surface area contributed by atoms with Crippen LogP contribution >= 0.6 is 11.6 Å².